The third-order valence-electron chi connectivity index (χ3n) is 5.05. The molecule has 5 heteroatoms. The van der Waals surface area contributed by atoms with Crippen LogP contribution in [0.3, 0.4) is 0 Å². The molecule has 0 saturated heterocycles. The van der Waals surface area contributed by atoms with Crippen LogP contribution >= 0.6 is 0 Å². The number of hydrogen-bond acceptors (Lipinski definition) is 3. The number of rotatable bonds is 5. The molecule has 1 aliphatic rings. The van der Waals surface area contributed by atoms with Crippen molar-refractivity contribution in [3.8, 4) is 0 Å². The van der Waals surface area contributed by atoms with Crippen LogP contribution in [0.2, 0.25) is 0 Å². The van der Waals surface area contributed by atoms with Gasteiger partial charge in [-0.25, -0.2) is 8.42 Å². The lowest BCUT2D eigenvalue weighted by molar-refractivity contribution is -0.121. The van der Waals surface area contributed by atoms with Crippen LogP contribution in [0.5, 0.6) is 0 Å². The molecule has 0 bridgehead atoms. The Bertz CT molecular complexity index is 681. The lowest BCUT2D eigenvalue weighted by atomic mass is 9.87. The first-order chi connectivity index (χ1) is 11.6. The van der Waals surface area contributed by atoms with Crippen molar-refractivity contribution in [2.24, 2.45) is 0 Å². The molecule has 0 aliphatic heterocycles. The second-order valence-corrected chi connectivity index (χ2v) is 10.6. The van der Waals surface area contributed by atoms with E-state index in [9.17, 15) is 13.2 Å². The summed E-state index contributed by atoms with van der Waals surface area (Å²) in [5, 5.41) is 1.90. The Morgan fingerprint density at radius 2 is 1.68 bits per heavy atom. The van der Waals surface area contributed by atoms with Crippen LogP contribution in [-0.2, 0) is 25.8 Å². The predicted octanol–water partition coefficient (Wildman–Crippen LogP) is 3.74. The molecule has 0 radical (unpaired) electrons. The fourth-order valence-corrected chi connectivity index (χ4v) is 4.49. The summed E-state index contributed by atoms with van der Waals surface area (Å²) in [6, 6.07) is 7.77. The summed E-state index contributed by atoms with van der Waals surface area (Å²) in [5.74, 6) is -0.463. The van der Waals surface area contributed by atoms with E-state index >= 15 is 0 Å². The lowest BCUT2D eigenvalue weighted by Crippen LogP contribution is -2.44. The van der Waals surface area contributed by atoms with E-state index in [1.807, 2.05) is 24.3 Å². The molecule has 4 nitrogen and oxygen atoms in total. The molecule has 0 spiro atoms. The van der Waals surface area contributed by atoms with Crippen molar-refractivity contribution in [1.29, 1.82) is 0 Å². The van der Waals surface area contributed by atoms with Gasteiger partial charge in [0.15, 0.2) is 9.84 Å². The summed E-state index contributed by atoms with van der Waals surface area (Å²) in [6.45, 7) is 7.86. The first-order valence-electron chi connectivity index (χ1n) is 9.21. The van der Waals surface area contributed by atoms with Crippen LogP contribution < -0.4 is 5.32 Å². The van der Waals surface area contributed by atoms with Gasteiger partial charge in [0.05, 0.1) is 5.75 Å². The van der Waals surface area contributed by atoms with Gasteiger partial charge in [-0.15, -0.1) is 0 Å². The third kappa shape index (κ3) is 5.56. The number of benzene rings is 1. The van der Waals surface area contributed by atoms with E-state index in [-0.39, 0.29) is 23.1 Å². The highest BCUT2D eigenvalue weighted by molar-refractivity contribution is 7.92. The minimum atomic E-state index is -3.52. The number of carbonyl (C=O) groups excluding carboxylic acids is 1. The fraction of sp³-hybridized carbons (Fsp3) is 0.650. The molecule has 1 aliphatic carbocycles. The Kier molecular flexibility index (Phi) is 6.30. The topological polar surface area (TPSA) is 63.2 Å². The molecule has 1 fully saturated rings. The van der Waals surface area contributed by atoms with E-state index in [4.69, 9.17) is 0 Å². The average Bonchev–Trinajstić information content (AvgIpc) is 2.54. The Hall–Kier alpha value is -1.36. The van der Waals surface area contributed by atoms with Gasteiger partial charge in [0.2, 0.25) is 5.91 Å². The monoisotopic (exact) mass is 365 g/mol. The molecular formula is C20H31NO3S. The molecule has 140 valence electrons. The van der Waals surface area contributed by atoms with Crippen LogP contribution in [0.25, 0.3) is 0 Å². The van der Waals surface area contributed by atoms with Crippen LogP contribution in [-0.4, -0.2) is 25.6 Å². The van der Waals surface area contributed by atoms with Gasteiger partial charge in [-0.1, -0.05) is 64.3 Å². The molecule has 1 atom stereocenters. The molecule has 0 unspecified atom stereocenters. The number of sulfone groups is 1. The minimum absolute atomic E-state index is 0.0323. The summed E-state index contributed by atoms with van der Waals surface area (Å²) < 4.78 is 25.2. The van der Waals surface area contributed by atoms with Crippen LogP contribution in [0.15, 0.2) is 24.3 Å². The number of hydrogen-bond donors (Lipinski definition) is 1. The van der Waals surface area contributed by atoms with Crippen molar-refractivity contribution in [2.75, 3.05) is 0 Å². The molecule has 1 N–H and O–H groups in total. The van der Waals surface area contributed by atoms with Crippen molar-refractivity contribution in [2.45, 2.75) is 82.3 Å². The SMILES string of the molecule is C[C@@H](C(=O)NC1CCCCC1)S(=O)(=O)Cc1ccc(C(C)(C)C)cc1. The zero-order chi connectivity index (χ0) is 18.7. The van der Waals surface area contributed by atoms with E-state index < -0.39 is 15.1 Å². The molecule has 1 saturated carbocycles. The Morgan fingerprint density at radius 1 is 1.12 bits per heavy atom. The molecule has 0 heterocycles. The molecule has 1 aromatic carbocycles. The van der Waals surface area contributed by atoms with Crippen molar-refractivity contribution in [1.82, 2.24) is 5.32 Å². The van der Waals surface area contributed by atoms with Gasteiger partial charge in [0.25, 0.3) is 0 Å². The number of carbonyl (C=O) groups is 1. The Labute approximate surface area is 152 Å². The van der Waals surface area contributed by atoms with E-state index in [1.165, 1.54) is 13.3 Å². The summed E-state index contributed by atoms with van der Waals surface area (Å²) >= 11 is 0. The summed E-state index contributed by atoms with van der Waals surface area (Å²) in [7, 11) is -3.52. The Balaban J connectivity index is 2.00. The quantitative estimate of drug-likeness (QED) is 0.864. The molecule has 25 heavy (non-hydrogen) atoms. The van der Waals surface area contributed by atoms with Gasteiger partial charge < -0.3 is 5.32 Å². The van der Waals surface area contributed by atoms with Gasteiger partial charge in [-0.2, -0.15) is 0 Å². The average molecular weight is 366 g/mol. The van der Waals surface area contributed by atoms with Crippen molar-refractivity contribution in [3.05, 3.63) is 35.4 Å². The summed E-state index contributed by atoms with van der Waals surface area (Å²) in [6.07, 6.45) is 5.31. The van der Waals surface area contributed by atoms with Crippen molar-refractivity contribution < 1.29 is 13.2 Å². The minimum Gasteiger partial charge on any atom is -0.352 e. The van der Waals surface area contributed by atoms with E-state index in [0.717, 1.165) is 36.8 Å². The molecule has 1 aromatic rings. The number of amides is 1. The highest BCUT2D eigenvalue weighted by Crippen LogP contribution is 2.23. The van der Waals surface area contributed by atoms with Gasteiger partial charge in [0.1, 0.15) is 5.25 Å². The summed E-state index contributed by atoms with van der Waals surface area (Å²) in [5.41, 5.74) is 1.92. The van der Waals surface area contributed by atoms with Crippen molar-refractivity contribution in [3.63, 3.8) is 0 Å². The lowest BCUT2D eigenvalue weighted by Gasteiger charge is -2.24. The molecule has 0 aromatic heterocycles. The third-order valence-corrected chi connectivity index (χ3v) is 7.07. The Morgan fingerprint density at radius 3 is 2.20 bits per heavy atom. The first-order valence-corrected chi connectivity index (χ1v) is 10.9. The predicted molar refractivity (Wildman–Crippen MR) is 102 cm³/mol. The van der Waals surface area contributed by atoms with Gasteiger partial charge in [-0.05, 0) is 36.3 Å². The number of nitrogens with one attached hydrogen (secondary N) is 1. The van der Waals surface area contributed by atoms with Gasteiger partial charge in [-0.3, -0.25) is 4.79 Å². The molecular weight excluding hydrogens is 334 g/mol. The zero-order valence-corrected chi connectivity index (χ0v) is 16.7. The fourth-order valence-electron chi connectivity index (χ4n) is 3.19. The van der Waals surface area contributed by atoms with Crippen molar-refractivity contribution >= 4 is 15.7 Å². The van der Waals surface area contributed by atoms with E-state index in [0.29, 0.717) is 0 Å². The second-order valence-electron chi connectivity index (χ2n) is 8.24. The second kappa shape index (κ2) is 7.90. The molecule has 1 amide bonds. The zero-order valence-electron chi connectivity index (χ0n) is 15.8. The molecule has 2 rings (SSSR count). The summed E-state index contributed by atoms with van der Waals surface area (Å²) in [4.78, 5) is 12.3. The maximum atomic E-state index is 12.6. The van der Waals surface area contributed by atoms with Crippen LogP contribution in [0, 0.1) is 0 Å². The maximum Gasteiger partial charge on any atom is 0.238 e. The van der Waals surface area contributed by atoms with Crippen LogP contribution in [0.1, 0.15) is 70.9 Å². The maximum absolute atomic E-state index is 12.6. The van der Waals surface area contributed by atoms with Gasteiger partial charge in [0, 0.05) is 6.04 Å². The standard InChI is InChI=1S/C20H31NO3S/c1-15(19(22)21-18-8-6-5-7-9-18)25(23,24)14-16-10-12-17(13-11-16)20(2,3)4/h10-13,15,18H,5-9,14H2,1-4H3,(H,21,22)/t15-/m0/s1. The highest BCUT2D eigenvalue weighted by Gasteiger charge is 2.30. The normalized spacial score (nSPS) is 17.9. The smallest absolute Gasteiger partial charge is 0.238 e. The first kappa shape index (κ1) is 20.0. The van der Waals surface area contributed by atoms with E-state index in [2.05, 4.69) is 26.1 Å². The highest BCUT2D eigenvalue weighted by atomic mass is 32.2. The van der Waals surface area contributed by atoms with Crippen LogP contribution in [0.4, 0.5) is 0 Å². The largest absolute Gasteiger partial charge is 0.352 e. The van der Waals surface area contributed by atoms with E-state index in [1.54, 1.807) is 0 Å². The van der Waals surface area contributed by atoms with Gasteiger partial charge >= 0.3 is 0 Å².